The average Bonchev–Trinajstić information content (AvgIpc) is 2.86. The molecule has 1 amide bonds. The molecule has 1 saturated heterocycles. The van der Waals surface area contributed by atoms with E-state index < -0.39 is 0 Å². The molecule has 1 aliphatic heterocycles. The van der Waals surface area contributed by atoms with Gasteiger partial charge < -0.3 is 4.90 Å². The summed E-state index contributed by atoms with van der Waals surface area (Å²) in [5.74, 6) is 1.06. The van der Waals surface area contributed by atoms with Crippen LogP contribution >= 0.6 is 27.5 Å². The van der Waals surface area contributed by atoms with E-state index in [2.05, 4.69) is 15.9 Å². The fourth-order valence-corrected chi connectivity index (χ4v) is 3.78. The van der Waals surface area contributed by atoms with Gasteiger partial charge in [-0.15, -0.1) is 11.6 Å². The molecule has 2 nitrogen and oxygen atoms in total. The maximum atomic E-state index is 11.5. The summed E-state index contributed by atoms with van der Waals surface area (Å²) in [6, 6.07) is 0. The minimum Gasteiger partial charge on any atom is -0.341 e. The topological polar surface area (TPSA) is 20.3 Å². The molecule has 15 heavy (non-hydrogen) atoms. The lowest BCUT2D eigenvalue weighted by molar-refractivity contribution is -0.127. The number of hydrogen-bond donors (Lipinski definition) is 0. The number of likely N-dealkylation sites (tertiary alicyclic amines) is 1. The van der Waals surface area contributed by atoms with Crippen LogP contribution in [-0.2, 0) is 4.79 Å². The maximum absolute atomic E-state index is 11.5. The molecule has 86 valence electrons. The minimum absolute atomic E-state index is 0.107. The van der Waals surface area contributed by atoms with Crippen molar-refractivity contribution in [1.82, 2.24) is 4.90 Å². The largest absolute Gasteiger partial charge is 0.341 e. The minimum atomic E-state index is 0.107. The summed E-state index contributed by atoms with van der Waals surface area (Å²) < 4.78 is 0. The summed E-state index contributed by atoms with van der Waals surface area (Å²) >= 11 is 9.15. The van der Waals surface area contributed by atoms with Crippen molar-refractivity contribution >= 4 is 33.4 Å². The third kappa shape index (κ3) is 2.33. The van der Waals surface area contributed by atoms with E-state index >= 15 is 0 Å². The Morgan fingerprint density at radius 3 is 2.93 bits per heavy atom. The number of halogens is 2. The van der Waals surface area contributed by atoms with Crippen molar-refractivity contribution < 1.29 is 4.79 Å². The van der Waals surface area contributed by atoms with Crippen LogP contribution in [0.2, 0.25) is 0 Å². The molecule has 1 spiro atoms. The highest BCUT2D eigenvalue weighted by molar-refractivity contribution is 9.09. The van der Waals surface area contributed by atoms with Crippen molar-refractivity contribution in [3.8, 4) is 0 Å². The van der Waals surface area contributed by atoms with E-state index in [1.165, 1.54) is 25.7 Å². The van der Waals surface area contributed by atoms with Crippen LogP contribution in [0.25, 0.3) is 0 Å². The van der Waals surface area contributed by atoms with Gasteiger partial charge in [-0.3, -0.25) is 4.79 Å². The molecular weight excluding hydrogens is 277 g/mol. The van der Waals surface area contributed by atoms with Gasteiger partial charge in [-0.05, 0) is 37.0 Å². The molecule has 2 rings (SSSR count). The molecule has 1 heterocycles. The van der Waals surface area contributed by atoms with Crippen molar-refractivity contribution in [1.29, 1.82) is 0 Å². The normalized spacial score (nSPS) is 35.3. The molecule has 1 aliphatic carbocycles. The second kappa shape index (κ2) is 4.62. The van der Waals surface area contributed by atoms with Gasteiger partial charge in [0, 0.05) is 18.4 Å². The Hall–Kier alpha value is 0.240. The zero-order valence-corrected chi connectivity index (χ0v) is 11.2. The summed E-state index contributed by atoms with van der Waals surface area (Å²) in [4.78, 5) is 13.4. The lowest BCUT2D eigenvalue weighted by atomic mass is 9.85. The molecule has 1 saturated carbocycles. The summed E-state index contributed by atoms with van der Waals surface area (Å²) in [6.07, 6.45) is 5.06. The Morgan fingerprint density at radius 2 is 2.33 bits per heavy atom. The highest BCUT2D eigenvalue weighted by Crippen LogP contribution is 2.48. The van der Waals surface area contributed by atoms with E-state index in [0.717, 1.165) is 24.3 Å². The number of carbonyl (C=O) groups is 1. The number of carbonyl (C=O) groups excluding carboxylic acids is 1. The number of alkyl halides is 2. The highest BCUT2D eigenvalue weighted by atomic mass is 79.9. The number of amides is 1. The first-order valence-electron chi connectivity index (χ1n) is 5.59. The van der Waals surface area contributed by atoms with Gasteiger partial charge in [0.05, 0.1) is 0 Å². The van der Waals surface area contributed by atoms with E-state index in [9.17, 15) is 4.79 Å². The summed E-state index contributed by atoms with van der Waals surface area (Å²) in [7, 11) is 0. The number of rotatable bonds is 2. The molecule has 2 atom stereocenters. The van der Waals surface area contributed by atoms with E-state index in [4.69, 9.17) is 11.6 Å². The van der Waals surface area contributed by atoms with Crippen LogP contribution in [-0.4, -0.2) is 35.1 Å². The summed E-state index contributed by atoms with van der Waals surface area (Å²) in [5, 5.41) is 1.11. The summed E-state index contributed by atoms with van der Waals surface area (Å²) in [6.45, 7) is 1.86. The van der Waals surface area contributed by atoms with Crippen LogP contribution in [0.3, 0.4) is 0 Å². The quantitative estimate of drug-likeness (QED) is 0.717. The van der Waals surface area contributed by atoms with Gasteiger partial charge in [0.25, 0.3) is 0 Å². The van der Waals surface area contributed by atoms with Crippen molar-refractivity contribution in [3.63, 3.8) is 0 Å². The average molecular weight is 295 g/mol. The smallest absolute Gasteiger partial charge is 0.237 e. The molecule has 0 aromatic heterocycles. The Kier molecular flexibility index (Phi) is 3.61. The zero-order valence-electron chi connectivity index (χ0n) is 8.85. The van der Waals surface area contributed by atoms with Crippen LogP contribution in [0.15, 0.2) is 0 Å². The van der Waals surface area contributed by atoms with Crippen molar-refractivity contribution in [2.45, 2.75) is 25.7 Å². The lowest BCUT2D eigenvalue weighted by Gasteiger charge is -2.23. The third-order valence-corrected chi connectivity index (χ3v) is 5.07. The molecule has 0 bridgehead atoms. The van der Waals surface area contributed by atoms with E-state index in [1.54, 1.807) is 0 Å². The van der Waals surface area contributed by atoms with Crippen molar-refractivity contribution in [3.05, 3.63) is 0 Å². The van der Waals surface area contributed by atoms with Crippen LogP contribution in [0, 0.1) is 11.3 Å². The van der Waals surface area contributed by atoms with Gasteiger partial charge in [-0.25, -0.2) is 0 Å². The van der Waals surface area contributed by atoms with E-state index in [1.807, 2.05) is 4.90 Å². The van der Waals surface area contributed by atoms with Gasteiger partial charge in [-0.2, -0.15) is 0 Å². The van der Waals surface area contributed by atoms with E-state index in [0.29, 0.717) is 5.41 Å². The zero-order chi connectivity index (χ0) is 10.9. The Balaban J connectivity index is 1.94. The first-order chi connectivity index (χ1) is 7.19. The van der Waals surface area contributed by atoms with Gasteiger partial charge in [-0.1, -0.05) is 15.9 Å². The number of hydrogen-bond acceptors (Lipinski definition) is 1. The molecule has 0 N–H and O–H groups in total. The second-order valence-corrected chi connectivity index (χ2v) is 5.88. The number of nitrogens with zero attached hydrogens (tertiary/aromatic N) is 1. The fraction of sp³-hybridized carbons (Fsp3) is 0.909. The molecule has 0 radical (unpaired) electrons. The van der Waals surface area contributed by atoms with Crippen molar-refractivity contribution in [2.24, 2.45) is 11.3 Å². The highest BCUT2D eigenvalue weighted by Gasteiger charge is 2.44. The molecule has 0 aromatic rings. The van der Waals surface area contributed by atoms with Gasteiger partial charge in [0.2, 0.25) is 5.91 Å². The van der Waals surface area contributed by atoms with Crippen LogP contribution < -0.4 is 0 Å². The first kappa shape index (κ1) is 11.7. The predicted molar refractivity (Wildman–Crippen MR) is 65.5 cm³/mol. The summed E-state index contributed by atoms with van der Waals surface area (Å²) in [5.41, 5.74) is 0.431. The Bertz CT molecular complexity index is 261. The van der Waals surface area contributed by atoms with Crippen LogP contribution in [0.4, 0.5) is 0 Å². The van der Waals surface area contributed by atoms with Gasteiger partial charge in [0.1, 0.15) is 5.88 Å². The van der Waals surface area contributed by atoms with Gasteiger partial charge >= 0.3 is 0 Å². The molecule has 2 aliphatic rings. The Labute approximate surface area is 104 Å². The van der Waals surface area contributed by atoms with Crippen LogP contribution in [0.5, 0.6) is 0 Å². The second-order valence-electron chi connectivity index (χ2n) is 4.96. The SMILES string of the molecule is O=C(CCl)N1CC[C@@]2(CC[C@@H](CBr)C2)C1. The van der Waals surface area contributed by atoms with E-state index in [-0.39, 0.29) is 11.8 Å². The molecule has 2 fully saturated rings. The van der Waals surface area contributed by atoms with Crippen LogP contribution in [0.1, 0.15) is 25.7 Å². The predicted octanol–water partition coefficient (Wildman–Crippen LogP) is 2.64. The Morgan fingerprint density at radius 1 is 1.53 bits per heavy atom. The molecule has 4 heteroatoms. The maximum Gasteiger partial charge on any atom is 0.237 e. The third-order valence-electron chi connectivity index (χ3n) is 3.93. The molecular formula is C11H17BrClNO. The molecule has 0 unspecified atom stereocenters. The first-order valence-corrected chi connectivity index (χ1v) is 7.24. The molecule has 0 aromatic carbocycles. The standard InChI is InChI=1S/C11H17BrClNO/c12-6-9-1-2-11(5-9)3-4-14(8-11)10(15)7-13/h9H,1-8H2/t9-,11-/m1/s1. The fourth-order valence-electron chi connectivity index (χ4n) is 3.06. The lowest BCUT2D eigenvalue weighted by Crippen LogP contribution is -2.32. The monoisotopic (exact) mass is 293 g/mol. The van der Waals surface area contributed by atoms with Gasteiger partial charge in [0.15, 0.2) is 0 Å². The van der Waals surface area contributed by atoms with Crippen molar-refractivity contribution in [2.75, 3.05) is 24.3 Å².